The van der Waals surface area contributed by atoms with E-state index in [-0.39, 0.29) is 12.5 Å². The quantitative estimate of drug-likeness (QED) is 0.854. The van der Waals surface area contributed by atoms with E-state index >= 15 is 0 Å². The molecule has 2 amide bonds. The zero-order valence-corrected chi connectivity index (χ0v) is 12.2. The van der Waals surface area contributed by atoms with Crippen molar-refractivity contribution < 1.29 is 14.7 Å². The minimum atomic E-state index is -1.01. The van der Waals surface area contributed by atoms with Gasteiger partial charge in [-0.05, 0) is 12.6 Å². The number of nitrogens with zero attached hydrogens (tertiary/aromatic N) is 2. The molecule has 0 aliphatic carbocycles. The van der Waals surface area contributed by atoms with Crippen LogP contribution in [0.25, 0.3) is 0 Å². The number of carbonyl (C=O) groups excluding carboxylic acids is 1. The van der Waals surface area contributed by atoms with Crippen molar-refractivity contribution in [3.05, 3.63) is 35.9 Å². The van der Waals surface area contributed by atoms with Crippen LogP contribution < -0.4 is 5.32 Å². The van der Waals surface area contributed by atoms with Gasteiger partial charge in [-0.25, -0.2) is 9.59 Å². The summed E-state index contributed by atoms with van der Waals surface area (Å²) in [5, 5.41) is 11.9. The summed E-state index contributed by atoms with van der Waals surface area (Å²) in [4.78, 5) is 27.3. The Bertz CT molecular complexity index is 484. The smallest absolute Gasteiger partial charge is 0.326 e. The first kappa shape index (κ1) is 15.3. The fraction of sp³-hybridized carbons (Fsp3) is 0.467. The van der Waals surface area contributed by atoms with Gasteiger partial charge < -0.3 is 20.2 Å². The van der Waals surface area contributed by atoms with Crippen molar-refractivity contribution in [2.45, 2.75) is 12.5 Å². The van der Waals surface area contributed by atoms with E-state index in [4.69, 9.17) is 0 Å². The van der Waals surface area contributed by atoms with Gasteiger partial charge in [0.05, 0.1) is 0 Å². The summed E-state index contributed by atoms with van der Waals surface area (Å²) in [6.45, 7) is 2.87. The van der Waals surface area contributed by atoms with Gasteiger partial charge in [0.1, 0.15) is 6.04 Å². The molecule has 0 saturated carbocycles. The highest BCUT2D eigenvalue weighted by atomic mass is 16.4. The first-order valence-corrected chi connectivity index (χ1v) is 7.07. The Hall–Kier alpha value is -2.08. The fourth-order valence-electron chi connectivity index (χ4n) is 2.30. The van der Waals surface area contributed by atoms with E-state index < -0.39 is 12.0 Å². The Kier molecular flexibility index (Phi) is 5.16. The molecule has 6 heteroatoms. The molecule has 0 radical (unpaired) electrons. The van der Waals surface area contributed by atoms with Crippen molar-refractivity contribution in [3.8, 4) is 0 Å². The van der Waals surface area contributed by atoms with Crippen LogP contribution in [0.5, 0.6) is 0 Å². The predicted molar refractivity (Wildman–Crippen MR) is 79.2 cm³/mol. The van der Waals surface area contributed by atoms with Crippen molar-refractivity contribution in [3.63, 3.8) is 0 Å². The van der Waals surface area contributed by atoms with Crippen molar-refractivity contribution >= 4 is 12.0 Å². The molecular weight excluding hydrogens is 270 g/mol. The molecule has 114 valence electrons. The standard InChI is InChI=1S/C15H21N3O3/c1-17-7-9-18(10-8-17)15(21)16-13(14(19)20)11-12-5-3-2-4-6-12/h2-6,13H,7-11H2,1H3,(H,16,21)(H,19,20). The summed E-state index contributed by atoms with van der Waals surface area (Å²) in [5.74, 6) is -1.01. The number of piperazine rings is 1. The average molecular weight is 291 g/mol. The molecule has 1 heterocycles. The molecule has 1 fully saturated rings. The largest absolute Gasteiger partial charge is 0.480 e. The van der Waals surface area contributed by atoms with Crippen LogP contribution in [-0.4, -0.2) is 66.2 Å². The summed E-state index contributed by atoms with van der Waals surface area (Å²) < 4.78 is 0. The fourth-order valence-corrected chi connectivity index (χ4v) is 2.30. The average Bonchev–Trinajstić information content (AvgIpc) is 2.48. The minimum Gasteiger partial charge on any atom is -0.480 e. The Morgan fingerprint density at radius 3 is 2.38 bits per heavy atom. The van der Waals surface area contributed by atoms with Crippen LogP contribution in [0.1, 0.15) is 5.56 Å². The second-order valence-corrected chi connectivity index (χ2v) is 5.32. The number of carboxylic acids is 1. The van der Waals surface area contributed by atoms with Gasteiger partial charge in [-0.3, -0.25) is 0 Å². The summed E-state index contributed by atoms with van der Waals surface area (Å²) in [6, 6.07) is 8.11. The monoisotopic (exact) mass is 291 g/mol. The minimum absolute atomic E-state index is 0.287. The van der Waals surface area contributed by atoms with Gasteiger partial charge >= 0.3 is 12.0 Å². The maximum absolute atomic E-state index is 12.1. The molecule has 2 rings (SSSR count). The lowest BCUT2D eigenvalue weighted by atomic mass is 10.1. The summed E-state index contributed by atoms with van der Waals surface area (Å²) in [6.07, 6.45) is 0.287. The molecule has 0 spiro atoms. The number of nitrogens with one attached hydrogen (secondary N) is 1. The lowest BCUT2D eigenvalue weighted by Gasteiger charge is -2.33. The van der Waals surface area contributed by atoms with Crippen LogP contribution in [0.2, 0.25) is 0 Å². The molecule has 1 unspecified atom stereocenters. The normalized spacial score (nSPS) is 17.3. The van der Waals surface area contributed by atoms with Gasteiger partial charge in [0, 0.05) is 32.6 Å². The molecule has 1 aromatic carbocycles. The van der Waals surface area contributed by atoms with Crippen LogP contribution in [-0.2, 0) is 11.2 Å². The maximum atomic E-state index is 12.1. The number of aliphatic carboxylic acids is 1. The number of hydrogen-bond acceptors (Lipinski definition) is 3. The molecule has 1 atom stereocenters. The van der Waals surface area contributed by atoms with Crippen LogP contribution in [0, 0.1) is 0 Å². The molecular formula is C15H21N3O3. The zero-order valence-electron chi connectivity index (χ0n) is 12.2. The van der Waals surface area contributed by atoms with Crippen LogP contribution in [0.3, 0.4) is 0 Å². The Morgan fingerprint density at radius 2 is 1.81 bits per heavy atom. The number of urea groups is 1. The molecule has 1 aliphatic heterocycles. The van der Waals surface area contributed by atoms with Crippen LogP contribution in [0.15, 0.2) is 30.3 Å². The second kappa shape index (κ2) is 7.08. The number of carbonyl (C=O) groups is 2. The van der Waals surface area contributed by atoms with E-state index in [1.807, 2.05) is 37.4 Å². The number of likely N-dealkylation sites (N-methyl/N-ethyl adjacent to an activating group) is 1. The molecule has 0 aromatic heterocycles. The summed E-state index contributed by atoms with van der Waals surface area (Å²) >= 11 is 0. The van der Waals surface area contributed by atoms with Crippen LogP contribution >= 0.6 is 0 Å². The number of hydrogen-bond donors (Lipinski definition) is 2. The van der Waals surface area contributed by atoms with E-state index in [1.54, 1.807) is 4.90 Å². The van der Waals surface area contributed by atoms with Crippen molar-refractivity contribution in [1.82, 2.24) is 15.1 Å². The van der Waals surface area contributed by atoms with Crippen molar-refractivity contribution in [2.24, 2.45) is 0 Å². The highest BCUT2D eigenvalue weighted by Crippen LogP contribution is 2.05. The first-order chi connectivity index (χ1) is 10.1. The number of amides is 2. The highest BCUT2D eigenvalue weighted by Gasteiger charge is 2.25. The lowest BCUT2D eigenvalue weighted by molar-refractivity contribution is -0.139. The Balaban J connectivity index is 1.93. The topological polar surface area (TPSA) is 72.9 Å². The Morgan fingerprint density at radius 1 is 1.19 bits per heavy atom. The molecule has 21 heavy (non-hydrogen) atoms. The van der Waals surface area contributed by atoms with Crippen LogP contribution in [0.4, 0.5) is 4.79 Å². The molecule has 0 bridgehead atoms. The SMILES string of the molecule is CN1CCN(C(=O)NC(Cc2ccccc2)C(=O)O)CC1. The molecule has 2 N–H and O–H groups in total. The van der Waals surface area contributed by atoms with E-state index in [1.165, 1.54) is 0 Å². The van der Waals surface area contributed by atoms with Crippen molar-refractivity contribution in [1.29, 1.82) is 0 Å². The number of rotatable bonds is 4. The first-order valence-electron chi connectivity index (χ1n) is 7.07. The van der Waals surface area contributed by atoms with Gasteiger partial charge in [0.25, 0.3) is 0 Å². The Labute approximate surface area is 124 Å². The van der Waals surface area contributed by atoms with Gasteiger partial charge in [-0.1, -0.05) is 30.3 Å². The van der Waals surface area contributed by atoms with Gasteiger partial charge in [0.2, 0.25) is 0 Å². The van der Waals surface area contributed by atoms with Gasteiger partial charge in [-0.2, -0.15) is 0 Å². The van der Waals surface area contributed by atoms with Crippen molar-refractivity contribution in [2.75, 3.05) is 33.2 Å². The third-order valence-electron chi connectivity index (χ3n) is 3.67. The molecule has 1 aliphatic rings. The summed E-state index contributed by atoms with van der Waals surface area (Å²) in [5.41, 5.74) is 0.892. The molecule has 1 aromatic rings. The van der Waals surface area contributed by atoms with E-state index in [9.17, 15) is 14.7 Å². The molecule has 6 nitrogen and oxygen atoms in total. The van der Waals surface area contributed by atoms with E-state index in [0.29, 0.717) is 13.1 Å². The zero-order chi connectivity index (χ0) is 15.2. The molecule has 1 saturated heterocycles. The third kappa shape index (κ3) is 4.46. The maximum Gasteiger partial charge on any atom is 0.326 e. The highest BCUT2D eigenvalue weighted by molar-refractivity contribution is 5.82. The number of carboxylic acid groups (broad SMARTS) is 1. The van der Waals surface area contributed by atoms with Gasteiger partial charge in [-0.15, -0.1) is 0 Å². The summed E-state index contributed by atoms with van der Waals surface area (Å²) in [7, 11) is 2.00. The van der Waals surface area contributed by atoms with E-state index in [0.717, 1.165) is 18.7 Å². The van der Waals surface area contributed by atoms with Gasteiger partial charge in [0.15, 0.2) is 0 Å². The third-order valence-corrected chi connectivity index (χ3v) is 3.67. The lowest BCUT2D eigenvalue weighted by Crippen LogP contribution is -2.54. The predicted octanol–water partition coefficient (Wildman–Crippen LogP) is 0.639. The van der Waals surface area contributed by atoms with E-state index in [2.05, 4.69) is 10.2 Å². The number of benzene rings is 1. The second-order valence-electron chi connectivity index (χ2n) is 5.32.